The molecule has 0 fully saturated rings. The van der Waals surface area contributed by atoms with Crippen LogP contribution in [0.3, 0.4) is 0 Å². The molecule has 0 amide bonds. The van der Waals surface area contributed by atoms with Crippen LogP contribution in [0.2, 0.25) is 0 Å². The van der Waals surface area contributed by atoms with Crippen LogP contribution in [-0.2, 0) is 0 Å². The third-order valence-electron chi connectivity index (χ3n) is 2.94. The zero-order valence-corrected chi connectivity index (χ0v) is 14.2. The summed E-state index contributed by atoms with van der Waals surface area (Å²) in [6.45, 7) is 11.9. The maximum atomic E-state index is 11.4. The maximum absolute atomic E-state index is 11.4. The standard InChI is InChI=1S/C19H24O3/c1-18(2,3)21-15-9-7-8-13-10-11-14(12-20)17(16(13)15)22-19(4,5)6/h7-12H,1-6H3. The molecule has 0 unspecified atom stereocenters. The van der Waals surface area contributed by atoms with Crippen LogP contribution in [0, 0.1) is 0 Å². The van der Waals surface area contributed by atoms with E-state index in [0.29, 0.717) is 11.3 Å². The van der Waals surface area contributed by atoms with E-state index in [1.165, 1.54) is 0 Å². The molecule has 2 rings (SSSR count). The van der Waals surface area contributed by atoms with Crippen LogP contribution in [-0.4, -0.2) is 17.5 Å². The first kappa shape index (κ1) is 16.3. The molecular weight excluding hydrogens is 276 g/mol. The van der Waals surface area contributed by atoms with Gasteiger partial charge in [-0.15, -0.1) is 0 Å². The zero-order valence-electron chi connectivity index (χ0n) is 14.2. The fraction of sp³-hybridized carbons (Fsp3) is 0.421. The normalized spacial score (nSPS) is 12.3. The van der Waals surface area contributed by atoms with Crippen molar-refractivity contribution in [2.45, 2.75) is 52.7 Å². The number of ether oxygens (including phenoxy) is 2. The molecule has 0 spiro atoms. The van der Waals surface area contributed by atoms with E-state index < -0.39 is 5.60 Å². The van der Waals surface area contributed by atoms with Gasteiger partial charge in [-0.3, -0.25) is 4.79 Å². The van der Waals surface area contributed by atoms with Gasteiger partial charge in [0.1, 0.15) is 22.7 Å². The largest absolute Gasteiger partial charge is 0.487 e. The summed E-state index contributed by atoms with van der Waals surface area (Å²) in [5.74, 6) is 1.31. The van der Waals surface area contributed by atoms with E-state index in [-0.39, 0.29) is 5.60 Å². The molecule has 118 valence electrons. The molecule has 0 aliphatic rings. The third-order valence-corrected chi connectivity index (χ3v) is 2.94. The molecule has 0 saturated carbocycles. The second-order valence-electron chi connectivity index (χ2n) is 7.38. The molecule has 22 heavy (non-hydrogen) atoms. The summed E-state index contributed by atoms with van der Waals surface area (Å²) in [4.78, 5) is 11.4. The van der Waals surface area contributed by atoms with Crippen LogP contribution < -0.4 is 9.47 Å². The molecule has 0 aromatic heterocycles. The Hall–Kier alpha value is -2.03. The Morgan fingerprint density at radius 2 is 1.50 bits per heavy atom. The molecule has 0 aliphatic carbocycles. The Balaban J connectivity index is 2.74. The molecule has 0 radical (unpaired) electrons. The highest BCUT2D eigenvalue weighted by atomic mass is 16.5. The van der Waals surface area contributed by atoms with Gasteiger partial charge in [-0.2, -0.15) is 0 Å². The van der Waals surface area contributed by atoms with Gasteiger partial charge in [0.15, 0.2) is 6.29 Å². The lowest BCUT2D eigenvalue weighted by Gasteiger charge is -2.26. The van der Waals surface area contributed by atoms with Gasteiger partial charge >= 0.3 is 0 Å². The Bertz CT molecular complexity index is 688. The molecule has 2 aromatic rings. The first-order chi connectivity index (χ1) is 10.1. The lowest BCUT2D eigenvalue weighted by molar-refractivity contribution is 0.109. The van der Waals surface area contributed by atoms with Crippen LogP contribution in [0.4, 0.5) is 0 Å². The van der Waals surface area contributed by atoms with Crippen LogP contribution >= 0.6 is 0 Å². The summed E-state index contributed by atoms with van der Waals surface area (Å²) in [7, 11) is 0. The second kappa shape index (κ2) is 5.64. The first-order valence-corrected chi connectivity index (χ1v) is 7.50. The van der Waals surface area contributed by atoms with E-state index in [2.05, 4.69) is 0 Å². The van der Waals surface area contributed by atoms with Crippen molar-refractivity contribution < 1.29 is 14.3 Å². The molecule has 0 N–H and O–H groups in total. The van der Waals surface area contributed by atoms with Crippen molar-refractivity contribution in [3.63, 3.8) is 0 Å². The Kier molecular flexibility index (Phi) is 4.19. The molecule has 0 atom stereocenters. The predicted molar refractivity (Wildman–Crippen MR) is 90.1 cm³/mol. The number of rotatable bonds is 3. The number of fused-ring (bicyclic) bond motifs is 1. The van der Waals surface area contributed by atoms with Gasteiger partial charge in [0, 0.05) is 0 Å². The molecule has 3 heteroatoms. The van der Waals surface area contributed by atoms with Crippen molar-refractivity contribution in [3.05, 3.63) is 35.9 Å². The van der Waals surface area contributed by atoms with Gasteiger partial charge in [-0.1, -0.05) is 18.2 Å². The van der Waals surface area contributed by atoms with Gasteiger partial charge in [-0.05, 0) is 59.1 Å². The minimum atomic E-state index is -0.402. The first-order valence-electron chi connectivity index (χ1n) is 7.50. The van der Waals surface area contributed by atoms with Crippen molar-refractivity contribution in [2.75, 3.05) is 0 Å². The lowest BCUT2D eigenvalue weighted by atomic mass is 10.0. The number of carbonyl (C=O) groups excluding carboxylic acids is 1. The predicted octanol–water partition coefficient (Wildman–Crippen LogP) is 5.01. The number of hydrogen-bond acceptors (Lipinski definition) is 3. The molecule has 3 nitrogen and oxygen atoms in total. The number of benzene rings is 2. The minimum absolute atomic E-state index is 0.329. The van der Waals surface area contributed by atoms with Gasteiger partial charge in [-0.25, -0.2) is 0 Å². The van der Waals surface area contributed by atoms with Gasteiger partial charge in [0.05, 0.1) is 10.9 Å². The van der Waals surface area contributed by atoms with E-state index >= 15 is 0 Å². The van der Waals surface area contributed by atoms with Gasteiger partial charge < -0.3 is 9.47 Å². The fourth-order valence-corrected chi connectivity index (χ4v) is 2.25. The van der Waals surface area contributed by atoms with E-state index in [0.717, 1.165) is 22.8 Å². The summed E-state index contributed by atoms with van der Waals surface area (Å²) in [5, 5.41) is 1.84. The van der Waals surface area contributed by atoms with Crippen LogP contribution in [0.5, 0.6) is 11.5 Å². The molecule has 0 bridgehead atoms. The maximum Gasteiger partial charge on any atom is 0.153 e. The molecule has 0 aliphatic heterocycles. The highest BCUT2D eigenvalue weighted by molar-refractivity contribution is 5.99. The summed E-state index contributed by atoms with van der Waals surface area (Å²) in [6.07, 6.45) is 0.828. The Morgan fingerprint density at radius 1 is 0.864 bits per heavy atom. The quantitative estimate of drug-likeness (QED) is 0.748. The van der Waals surface area contributed by atoms with Crippen LogP contribution in [0.25, 0.3) is 10.8 Å². The van der Waals surface area contributed by atoms with Gasteiger partial charge in [0.25, 0.3) is 0 Å². The van der Waals surface area contributed by atoms with E-state index in [1.54, 1.807) is 6.07 Å². The number of carbonyl (C=O) groups is 1. The average Bonchev–Trinajstić information content (AvgIpc) is 2.35. The zero-order chi connectivity index (χ0) is 16.5. The van der Waals surface area contributed by atoms with Crippen molar-refractivity contribution in [3.8, 4) is 11.5 Å². The van der Waals surface area contributed by atoms with E-state index in [9.17, 15) is 4.79 Å². The average molecular weight is 300 g/mol. The lowest BCUT2D eigenvalue weighted by Crippen LogP contribution is -2.25. The summed E-state index contributed by atoms with van der Waals surface area (Å²) < 4.78 is 12.2. The third kappa shape index (κ3) is 3.79. The molecular formula is C19H24O3. The molecule has 0 heterocycles. The van der Waals surface area contributed by atoms with Gasteiger partial charge in [0.2, 0.25) is 0 Å². The van der Waals surface area contributed by atoms with Crippen LogP contribution in [0.15, 0.2) is 30.3 Å². The van der Waals surface area contributed by atoms with Crippen molar-refractivity contribution in [1.82, 2.24) is 0 Å². The van der Waals surface area contributed by atoms with Crippen molar-refractivity contribution in [2.24, 2.45) is 0 Å². The van der Waals surface area contributed by atoms with Crippen LogP contribution in [0.1, 0.15) is 51.9 Å². The number of aldehydes is 1. The molecule has 0 saturated heterocycles. The molecule has 2 aromatic carbocycles. The summed E-state index contributed by atoms with van der Waals surface area (Å²) in [6, 6.07) is 9.57. The second-order valence-corrected chi connectivity index (χ2v) is 7.38. The Labute approximate surface area is 132 Å². The van der Waals surface area contributed by atoms with E-state index in [4.69, 9.17) is 9.47 Å². The highest BCUT2D eigenvalue weighted by Crippen LogP contribution is 2.39. The fourth-order valence-electron chi connectivity index (χ4n) is 2.25. The number of hydrogen-bond donors (Lipinski definition) is 0. The SMILES string of the molecule is CC(C)(C)Oc1cccc2ccc(C=O)c(OC(C)(C)C)c12. The minimum Gasteiger partial charge on any atom is -0.487 e. The van der Waals surface area contributed by atoms with Crippen molar-refractivity contribution in [1.29, 1.82) is 0 Å². The monoisotopic (exact) mass is 300 g/mol. The summed E-state index contributed by atoms with van der Waals surface area (Å²) in [5.41, 5.74) is -0.196. The van der Waals surface area contributed by atoms with E-state index in [1.807, 2.05) is 65.8 Å². The summed E-state index contributed by atoms with van der Waals surface area (Å²) >= 11 is 0. The topological polar surface area (TPSA) is 35.5 Å². The van der Waals surface area contributed by atoms with Crippen molar-refractivity contribution >= 4 is 17.1 Å². The Morgan fingerprint density at radius 3 is 2.05 bits per heavy atom. The highest BCUT2D eigenvalue weighted by Gasteiger charge is 2.21. The smallest absolute Gasteiger partial charge is 0.153 e.